The van der Waals surface area contributed by atoms with E-state index in [0.717, 1.165) is 0 Å². The number of halogens is 1. The molecule has 4 nitrogen and oxygen atoms in total. The highest BCUT2D eigenvalue weighted by molar-refractivity contribution is 5.90. The second kappa shape index (κ2) is 6.06. The molecule has 0 radical (unpaired) electrons. The summed E-state index contributed by atoms with van der Waals surface area (Å²) in [6.07, 6.45) is 0. The third kappa shape index (κ3) is 3.26. The van der Waals surface area contributed by atoms with Gasteiger partial charge in [0.1, 0.15) is 23.9 Å². The lowest BCUT2D eigenvalue weighted by molar-refractivity contribution is 0.0599. The molecule has 0 aliphatic rings. The van der Waals surface area contributed by atoms with Crippen molar-refractivity contribution in [3.05, 3.63) is 59.4 Å². The van der Waals surface area contributed by atoms with Crippen LogP contribution < -0.4 is 4.74 Å². The molecule has 0 atom stereocenters. The van der Waals surface area contributed by atoms with Crippen molar-refractivity contribution in [3.63, 3.8) is 0 Å². The van der Waals surface area contributed by atoms with Gasteiger partial charge in [-0.15, -0.1) is 0 Å². The van der Waals surface area contributed by atoms with Gasteiger partial charge in [0.05, 0.1) is 12.7 Å². The topological polar surface area (TPSA) is 55.8 Å². The van der Waals surface area contributed by atoms with E-state index in [1.54, 1.807) is 18.2 Å². The fraction of sp³-hybridized carbons (Fsp3) is 0.133. The molecule has 104 valence electrons. The first-order valence-electron chi connectivity index (χ1n) is 5.88. The molecule has 2 aromatic carbocycles. The lowest BCUT2D eigenvalue weighted by atomic mass is 10.2. The molecule has 20 heavy (non-hydrogen) atoms. The SMILES string of the molecule is COC(=O)c1cc(O)cc(OCc2ccccc2F)c1. The van der Waals surface area contributed by atoms with E-state index in [4.69, 9.17) is 4.74 Å². The third-order valence-corrected chi connectivity index (χ3v) is 2.66. The molecule has 0 aromatic heterocycles. The van der Waals surface area contributed by atoms with Crippen LogP contribution in [0.25, 0.3) is 0 Å². The van der Waals surface area contributed by atoms with Crippen molar-refractivity contribution in [2.45, 2.75) is 6.61 Å². The number of carbonyl (C=O) groups excluding carboxylic acids is 1. The second-order valence-electron chi connectivity index (χ2n) is 4.09. The van der Waals surface area contributed by atoms with Crippen LogP contribution in [-0.4, -0.2) is 18.2 Å². The van der Waals surface area contributed by atoms with Crippen molar-refractivity contribution in [1.29, 1.82) is 0 Å². The molecule has 0 spiro atoms. The predicted molar refractivity (Wildman–Crippen MR) is 70.2 cm³/mol. The molecule has 0 aliphatic heterocycles. The Morgan fingerprint density at radius 1 is 1.25 bits per heavy atom. The molecule has 0 saturated carbocycles. The van der Waals surface area contributed by atoms with Gasteiger partial charge in [0.15, 0.2) is 0 Å². The van der Waals surface area contributed by atoms with E-state index in [1.165, 1.54) is 31.4 Å². The zero-order valence-corrected chi connectivity index (χ0v) is 10.8. The third-order valence-electron chi connectivity index (χ3n) is 2.66. The summed E-state index contributed by atoms with van der Waals surface area (Å²) >= 11 is 0. The maximum absolute atomic E-state index is 13.4. The minimum Gasteiger partial charge on any atom is -0.508 e. The Hall–Kier alpha value is -2.56. The highest BCUT2D eigenvalue weighted by atomic mass is 19.1. The van der Waals surface area contributed by atoms with E-state index < -0.39 is 5.97 Å². The Morgan fingerprint density at radius 2 is 2.00 bits per heavy atom. The smallest absolute Gasteiger partial charge is 0.338 e. The summed E-state index contributed by atoms with van der Waals surface area (Å²) in [5.41, 5.74) is 0.548. The van der Waals surface area contributed by atoms with E-state index in [0.29, 0.717) is 5.56 Å². The van der Waals surface area contributed by atoms with Crippen molar-refractivity contribution in [3.8, 4) is 11.5 Å². The standard InChI is InChI=1S/C15H13FO4/c1-19-15(18)11-6-12(17)8-13(7-11)20-9-10-4-2-3-5-14(10)16/h2-8,17H,9H2,1H3. The van der Waals surface area contributed by atoms with Gasteiger partial charge in [0, 0.05) is 11.6 Å². The number of phenolic OH excluding ortho intramolecular Hbond substituents is 1. The van der Waals surface area contributed by atoms with Gasteiger partial charge in [-0.2, -0.15) is 0 Å². The summed E-state index contributed by atoms with van der Waals surface area (Å²) in [5.74, 6) is -0.831. The van der Waals surface area contributed by atoms with Crippen LogP contribution in [0.1, 0.15) is 15.9 Å². The summed E-state index contributed by atoms with van der Waals surface area (Å²) in [7, 11) is 1.24. The van der Waals surface area contributed by atoms with Gasteiger partial charge < -0.3 is 14.6 Å². The molecular formula is C15H13FO4. The monoisotopic (exact) mass is 276 g/mol. The second-order valence-corrected chi connectivity index (χ2v) is 4.09. The van der Waals surface area contributed by atoms with Crippen LogP contribution in [0.5, 0.6) is 11.5 Å². The average molecular weight is 276 g/mol. The predicted octanol–water partition coefficient (Wildman–Crippen LogP) is 2.90. The van der Waals surface area contributed by atoms with Crippen LogP contribution >= 0.6 is 0 Å². The van der Waals surface area contributed by atoms with Crippen LogP contribution in [0.3, 0.4) is 0 Å². The van der Waals surface area contributed by atoms with Crippen LogP contribution in [0, 0.1) is 5.82 Å². The molecule has 0 bridgehead atoms. The van der Waals surface area contributed by atoms with Crippen LogP contribution in [0.4, 0.5) is 4.39 Å². The average Bonchev–Trinajstić information content (AvgIpc) is 2.45. The number of hydrogen-bond acceptors (Lipinski definition) is 4. The van der Waals surface area contributed by atoms with Gasteiger partial charge in [-0.1, -0.05) is 18.2 Å². The summed E-state index contributed by atoms with van der Waals surface area (Å²) in [5, 5.41) is 9.53. The first-order valence-corrected chi connectivity index (χ1v) is 5.88. The van der Waals surface area contributed by atoms with E-state index in [-0.39, 0.29) is 29.5 Å². The molecule has 0 amide bonds. The lowest BCUT2D eigenvalue weighted by Gasteiger charge is -2.09. The van der Waals surface area contributed by atoms with Crippen LogP contribution in [-0.2, 0) is 11.3 Å². The largest absolute Gasteiger partial charge is 0.508 e. The molecule has 2 aromatic rings. The van der Waals surface area contributed by atoms with E-state index in [1.807, 2.05) is 0 Å². The fourth-order valence-corrected chi connectivity index (χ4v) is 1.68. The van der Waals surface area contributed by atoms with Crippen LogP contribution in [0.15, 0.2) is 42.5 Å². The molecule has 0 fully saturated rings. The van der Waals surface area contributed by atoms with E-state index in [9.17, 15) is 14.3 Å². The molecule has 0 saturated heterocycles. The number of carbonyl (C=O) groups is 1. The van der Waals surface area contributed by atoms with Gasteiger partial charge in [0.25, 0.3) is 0 Å². The van der Waals surface area contributed by atoms with Crippen molar-refractivity contribution in [2.24, 2.45) is 0 Å². The van der Waals surface area contributed by atoms with Gasteiger partial charge in [-0.05, 0) is 18.2 Å². The van der Waals surface area contributed by atoms with Crippen molar-refractivity contribution in [1.82, 2.24) is 0 Å². The number of rotatable bonds is 4. The maximum Gasteiger partial charge on any atom is 0.338 e. The van der Waals surface area contributed by atoms with Crippen molar-refractivity contribution in [2.75, 3.05) is 7.11 Å². The Kier molecular flexibility index (Phi) is 4.20. The zero-order valence-electron chi connectivity index (χ0n) is 10.8. The number of phenols is 1. The molecule has 0 aliphatic carbocycles. The van der Waals surface area contributed by atoms with Crippen molar-refractivity contribution >= 4 is 5.97 Å². The summed E-state index contributed by atoms with van der Waals surface area (Å²) in [6, 6.07) is 10.2. The Balaban J connectivity index is 2.16. The molecule has 0 heterocycles. The van der Waals surface area contributed by atoms with Gasteiger partial charge >= 0.3 is 5.97 Å². The molecule has 0 unspecified atom stereocenters. The van der Waals surface area contributed by atoms with E-state index >= 15 is 0 Å². The Labute approximate surface area is 115 Å². The number of hydrogen-bond donors (Lipinski definition) is 1. The van der Waals surface area contributed by atoms with Gasteiger partial charge in [-0.25, -0.2) is 9.18 Å². The summed E-state index contributed by atoms with van der Waals surface area (Å²) < 4.78 is 23.4. The highest BCUT2D eigenvalue weighted by Crippen LogP contribution is 2.23. The maximum atomic E-state index is 13.4. The number of methoxy groups -OCH3 is 1. The first-order chi connectivity index (χ1) is 9.60. The Morgan fingerprint density at radius 3 is 2.70 bits per heavy atom. The van der Waals surface area contributed by atoms with Gasteiger partial charge in [0.2, 0.25) is 0 Å². The van der Waals surface area contributed by atoms with E-state index in [2.05, 4.69) is 4.74 Å². The van der Waals surface area contributed by atoms with Gasteiger partial charge in [-0.3, -0.25) is 0 Å². The number of esters is 1. The number of benzene rings is 2. The molecule has 5 heteroatoms. The van der Waals surface area contributed by atoms with Crippen LogP contribution in [0.2, 0.25) is 0 Å². The Bertz CT molecular complexity index is 625. The normalized spacial score (nSPS) is 10.1. The summed E-state index contributed by atoms with van der Waals surface area (Å²) in [6.45, 7) is -0.00323. The first kappa shape index (κ1) is 13.9. The quantitative estimate of drug-likeness (QED) is 0.872. The minimum absolute atomic E-state index is 0.00323. The lowest BCUT2D eigenvalue weighted by Crippen LogP contribution is -2.03. The zero-order chi connectivity index (χ0) is 14.5. The fourth-order valence-electron chi connectivity index (χ4n) is 1.68. The molecular weight excluding hydrogens is 263 g/mol. The number of ether oxygens (including phenoxy) is 2. The molecule has 1 N–H and O–H groups in total. The highest BCUT2D eigenvalue weighted by Gasteiger charge is 2.10. The summed E-state index contributed by atoms with van der Waals surface area (Å²) in [4.78, 5) is 11.4. The minimum atomic E-state index is -0.586. The van der Waals surface area contributed by atoms with Crippen molar-refractivity contribution < 1.29 is 23.8 Å². The number of aromatic hydroxyl groups is 1. The molecule has 2 rings (SSSR count).